The fourth-order valence-corrected chi connectivity index (χ4v) is 3.61. The molecule has 0 saturated carbocycles. The van der Waals surface area contributed by atoms with Crippen LogP contribution in [0.25, 0.3) is 5.57 Å². The summed E-state index contributed by atoms with van der Waals surface area (Å²) in [6.07, 6.45) is 6.55. The van der Waals surface area contributed by atoms with E-state index in [1.165, 1.54) is 21.6 Å². The Morgan fingerprint density at radius 2 is 2.37 bits per heavy atom. The fourth-order valence-electron chi connectivity index (χ4n) is 3.61. The molecule has 1 aliphatic heterocycles. The minimum atomic E-state index is -0.849. The Balaban J connectivity index is 1.93. The van der Waals surface area contributed by atoms with E-state index in [1.807, 2.05) is 18.5 Å². The lowest BCUT2D eigenvalue weighted by Gasteiger charge is -2.31. The van der Waals surface area contributed by atoms with Crippen LogP contribution in [0, 0.1) is 0 Å². The van der Waals surface area contributed by atoms with Gasteiger partial charge in [-0.3, -0.25) is 9.88 Å². The quantitative estimate of drug-likeness (QED) is 0.774. The zero-order chi connectivity index (χ0) is 13.0. The maximum atomic E-state index is 11.4. The second kappa shape index (κ2) is 3.70. The molecule has 0 spiro atoms. The van der Waals surface area contributed by atoms with Gasteiger partial charge in [-0.05, 0) is 47.6 Å². The van der Waals surface area contributed by atoms with Gasteiger partial charge in [0, 0.05) is 18.8 Å². The number of rotatable bonds is 0. The number of hydrogen-bond donors (Lipinski definition) is 1. The highest BCUT2D eigenvalue weighted by atomic mass is 16.4. The molecule has 0 fully saturated rings. The first-order chi connectivity index (χ1) is 9.25. The molecule has 3 aliphatic rings. The van der Waals surface area contributed by atoms with Gasteiger partial charge in [0.05, 0.1) is 11.7 Å². The number of fused-ring (bicyclic) bond motifs is 2. The third-order valence-corrected chi connectivity index (χ3v) is 4.33. The number of hydrogen-bond acceptors (Lipinski definition) is 2. The molecule has 19 heavy (non-hydrogen) atoms. The summed E-state index contributed by atoms with van der Waals surface area (Å²) < 4.78 is 0. The third-order valence-electron chi connectivity index (χ3n) is 4.33. The lowest BCUT2D eigenvalue weighted by atomic mass is 9.77. The lowest BCUT2D eigenvalue weighted by molar-refractivity contribution is 0.154. The molecule has 0 saturated heterocycles. The monoisotopic (exact) mass is 254 g/mol. The summed E-state index contributed by atoms with van der Waals surface area (Å²) in [6, 6.07) is 4.12. The van der Waals surface area contributed by atoms with Crippen molar-refractivity contribution in [2.24, 2.45) is 0 Å². The minimum Gasteiger partial charge on any atom is -0.465 e. The SMILES string of the molecule is O=C(O)N1C=C2Cc3ncccc3C3=C2C1CCC3. The van der Waals surface area contributed by atoms with Gasteiger partial charge in [-0.1, -0.05) is 6.07 Å². The van der Waals surface area contributed by atoms with Crippen LogP contribution in [0.3, 0.4) is 0 Å². The van der Waals surface area contributed by atoms with Crippen molar-refractivity contribution in [3.8, 4) is 0 Å². The Bertz CT molecular complexity index is 645. The van der Waals surface area contributed by atoms with E-state index >= 15 is 0 Å². The zero-order valence-electron chi connectivity index (χ0n) is 10.5. The predicted octanol–water partition coefficient (Wildman–Crippen LogP) is 2.82. The van der Waals surface area contributed by atoms with Gasteiger partial charge < -0.3 is 5.11 Å². The topological polar surface area (TPSA) is 53.4 Å². The van der Waals surface area contributed by atoms with Crippen LogP contribution in [-0.2, 0) is 6.42 Å². The molecule has 2 aliphatic carbocycles. The molecular formula is C15H14N2O2. The van der Waals surface area contributed by atoms with Crippen molar-refractivity contribution in [3.63, 3.8) is 0 Å². The molecule has 0 radical (unpaired) electrons. The van der Waals surface area contributed by atoms with Crippen LogP contribution >= 0.6 is 0 Å². The van der Waals surface area contributed by atoms with E-state index in [0.29, 0.717) is 0 Å². The first-order valence-corrected chi connectivity index (χ1v) is 6.65. The molecule has 4 rings (SSSR count). The van der Waals surface area contributed by atoms with Crippen LogP contribution in [-0.4, -0.2) is 27.1 Å². The van der Waals surface area contributed by atoms with Gasteiger partial charge >= 0.3 is 6.09 Å². The van der Waals surface area contributed by atoms with Crippen molar-refractivity contribution >= 4 is 11.7 Å². The molecule has 4 nitrogen and oxygen atoms in total. The molecular weight excluding hydrogens is 240 g/mol. The summed E-state index contributed by atoms with van der Waals surface area (Å²) in [7, 11) is 0. The fraction of sp³-hybridized carbons (Fsp3) is 0.333. The second-order valence-corrected chi connectivity index (χ2v) is 5.32. The number of carboxylic acid groups (broad SMARTS) is 1. The van der Waals surface area contributed by atoms with Crippen LogP contribution in [0.4, 0.5) is 4.79 Å². The van der Waals surface area contributed by atoms with Gasteiger partial charge in [0.25, 0.3) is 0 Å². The average molecular weight is 254 g/mol. The van der Waals surface area contributed by atoms with Crippen molar-refractivity contribution in [1.29, 1.82) is 0 Å². The van der Waals surface area contributed by atoms with Crippen molar-refractivity contribution in [2.45, 2.75) is 31.7 Å². The van der Waals surface area contributed by atoms with E-state index in [4.69, 9.17) is 0 Å². The lowest BCUT2D eigenvalue weighted by Crippen LogP contribution is -2.34. The van der Waals surface area contributed by atoms with E-state index in [2.05, 4.69) is 11.1 Å². The van der Waals surface area contributed by atoms with Crippen molar-refractivity contribution in [3.05, 3.63) is 46.9 Å². The van der Waals surface area contributed by atoms with E-state index < -0.39 is 6.09 Å². The molecule has 1 amide bonds. The molecule has 0 bridgehead atoms. The first-order valence-electron chi connectivity index (χ1n) is 6.65. The van der Waals surface area contributed by atoms with Crippen LogP contribution in [0.1, 0.15) is 30.5 Å². The van der Waals surface area contributed by atoms with E-state index in [9.17, 15) is 9.90 Å². The Morgan fingerprint density at radius 3 is 3.21 bits per heavy atom. The van der Waals surface area contributed by atoms with Crippen molar-refractivity contribution in [2.75, 3.05) is 0 Å². The number of allylic oxidation sites excluding steroid dienone is 1. The smallest absolute Gasteiger partial charge is 0.411 e. The molecule has 1 N–H and O–H groups in total. The summed E-state index contributed by atoms with van der Waals surface area (Å²) >= 11 is 0. The molecule has 1 atom stereocenters. The van der Waals surface area contributed by atoms with Crippen LogP contribution in [0.15, 0.2) is 35.7 Å². The number of aromatic nitrogens is 1. The number of carbonyl (C=O) groups is 1. The Labute approximate surface area is 111 Å². The van der Waals surface area contributed by atoms with Crippen LogP contribution in [0.5, 0.6) is 0 Å². The summed E-state index contributed by atoms with van der Waals surface area (Å²) in [4.78, 5) is 17.3. The number of nitrogens with zero attached hydrogens (tertiary/aromatic N) is 2. The van der Waals surface area contributed by atoms with Gasteiger partial charge in [-0.2, -0.15) is 0 Å². The summed E-state index contributed by atoms with van der Waals surface area (Å²) in [6.45, 7) is 0. The summed E-state index contributed by atoms with van der Waals surface area (Å²) in [5.74, 6) is 0. The Hall–Kier alpha value is -2.10. The highest BCUT2D eigenvalue weighted by Crippen LogP contribution is 2.46. The second-order valence-electron chi connectivity index (χ2n) is 5.32. The molecule has 2 heterocycles. The van der Waals surface area contributed by atoms with E-state index in [-0.39, 0.29) is 6.04 Å². The third kappa shape index (κ3) is 1.40. The molecule has 4 heteroatoms. The molecule has 0 aromatic carbocycles. The minimum absolute atomic E-state index is 0.0320. The largest absolute Gasteiger partial charge is 0.465 e. The summed E-state index contributed by atoms with van der Waals surface area (Å²) in [5, 5.41) is 9.33. The highest BCUT2D eigenvalue weighted by molar-refractivity contribution is 5.82. The first kappa shape index (κ1) is 10.8. The Kier molecular flexibility index (Phi) is 2.10. The van der Waals surface area contributed by atoms with Crippen molar-refractivity contribution < 1.29 is 9.90 Å². The molecule has 1 aromatic rings. The molecule has 96 valence electrons. The van der Waals surface area contributed by atoms with E-state index in [0.717, 1.165) is 37.0 Å². The van der Waals surface area contributed by atoms with Gasteiger partial charge in [0.15, 0.2) is 0 Å². The standard InChI is InChI=1S/C15H14N2O2/c18-15(19)17-8-9-7-12-10(4-2-6-16-12)11-3-1-5-13(17)14(9)11/h2,4,6,8,13H,1,3,5,7H2,(H,18,19). The summed E-state index contributed by atoms with van der Waals surface area (Å²) in [5.41, 5.74) is 6.04. The van der Waals surface area contributed by atoms with Gasteiger partial charge in [0.2, 0.25) is 0 Å². The number of amides is 1. The van der Waals surface area contributed by atoms with Crippen LogP contribution < -0.4 is 0 Å². The van der Waals surface area contributed by atoms with Crippen LogP contribution in [0.2, 0.25) is 0 Å². The van der Waals surface area contributed by atoms with E-state index in [1.54, 1.807) is 0 Å². The van der Waals surface area contributed by atoms with Gasteiger partial charge in [-0.15, -0.1) is 0 Å². The van der Waals surface area contributed by atoms with Gasteiger partial charge in [-0.25, -0.2) is 4.79 Å². The Morgan fingerprint density at radius 1 is 1.47 bits per heavy atom. The van der Waals surface area contributed by atoms with Crippen molar-refractivity contribution in [1.82, 2.24) is 9.88 Å². The molecule has 1 aromatic heterocycles. The maximum Gasteiger partial charge on any atom is 0.411 e. The normalized spacial score (nSPS) is 23.9. The molecule has 1 unspecified atom stereocenters. The zero-order valence-corrected chi connectivity index (χ0v) is 10.5. The maximum absolute atomic E-state index is 11.4. The highest BCUT2D eigenvalue weighted by Gasteiger charge is 2.40. The average Bonchev–Trinajstić information content (AvgIpc) is 2.80. The predicted molar refractivity (Wildman–Crippen MR) is 70.4 cm³/mol. The number of pyridine rings is 1. The van der Waals surface area contributed by atoms with Gasteiger partial charge in [0.1, 0.15) is 0 Å².